The lowest BCUT2D eigenvalue weighted by Gasteiger charge is -2.21. The predicted molar refractivity (Wildman–Crippen MR) is 150 cm³/mol. The molecule has 3 aromatic heterocycles. The van der Waals surface area contributed by atoms with Gasteiger partial charge in [0.1, 0.15) is 22.0 Å². The van der Waals surface area contributed by atoms with Crippen molar-refractivity contribution in [2.45, 2.75) is 44.2 Å². The number of halogens is 1. The molecule has 7 N–H and O–H groups in total. The summed E-state index contributed by atoms with van der Waals surface area (Å²) in [5.41, 5.74) is 18.1. The van der Waals surface area contributed by atoms with Crippen molar-refractivity contribution in [2.75, 3.05) is 20.1 Å². The van der Waals surface area contributed by atoms with Crippen molar-refractivity contribution in [1.29, 1.82) is 0 Å². The molecule has 3 aromatic rings. The summed E-state index contributed by atoms with van der Waals surface area (Å²) in [6.07, 6.45) is 5.78. The number of hydrogen-bond donors (Lipinski definition) is 4. The minimum absolute atomic E-state index is 0.0270. The molecule has 14 heteroatoms. The summed E-state index contributed by atoms with van der Waals surface area (Å²) < 4.78 is 1.70. The number of amides is 2. The van der Waals surface area contributed by atoms with Crippen molar-refractivity contribution in [2.24, 2.45) is 28.1 Å². The molecular weight excluding hydrogens is 542 g/mol. The van der Waals surface area contributed by atoms with E-state index in [9.17, 15) is 14.4 Å². The Hall–Kier alpha value is -3.55. The summed E-state index contributed by atoms with van der Waals surface area (Å²) >= 11 is 7.37. The number of guanidine groups is 1. The Morgan fingerprint density at radius 2 is 2.00 bits per heavy atom. The number of pyridine rings is 1. The number of rotatable bonds is 11. The molecule has 39 heavy (non-hydrogen) atoms. The molecule has 1 saturated heterocycles. The van der Waals surface area contributed by atoms with Gasteiger partial charge in [0.15, 0.2) is 11.7 Å². The number of unbranched alkanes of at least 4 members (excludes halogenated alkanes) is 1. The lowest BCUT2D eigenvalue weighted by molar-refractivity contribution is -0.124. The maximum atomic E-state index is 13.4. The summed E-state index contributed by atoms with van der Waals surface area (Å²) in [5, 5.41) is 5.47. The Kier molecular flexibility index (Phi) is 9.15. The lowest BCUT2D eigenvalue weighted by atomic mass is 9.94. The van der Waals surface area contributed by atoms with Crippen molar-refractivity contribution in [3.63, 3.8) is 0 Å². The van der Waals surface area contributed by atoms with E-state index in [0.717, 1.165) is 0 Å². The highest BCUT2D eigenvalue weighted by Crippen LogP contribution is 2.35. The molecule has 4 heterocycles. The number of aliphatic imine (C=N–C) groups is 1. The number of imidazole rings is 1. The Balaban J connectivity index is 1.44. The number of nitrogens with one attached hydrogen (secondary N) is 1. The van der Waals surface area contributed by atoms with Gasteiger partial charge in [0.2, 0.25) is 5.91 Å². The third-order valence-corrected chi connectivity index (χ3v) is 7.79. The van der Waals surface area contributed by atoms with E-state index in [2.05, 4.69) is 20.3 Å². The van der Waals surface area contributed by atoms with Gasteiger partial charge in [-0.3, -0.25) is 19.4 Å². The van der Waals surface area contributed by atoms with Gasteiger partial charge in [-0.2, -0.15) is 0 Å². The van der Waals surface area contributed by atoms with Crippen LogP contribution in [0, 0.1) is 5.92 Å². The highest BCUT2D eigenvalue weighted by molar-refractivity contribution is 7.09. The summed E-state index contributed by atoms with van der Waals surface area (Å²) in [5.74, 6) is -1.16. The van der Waals surface area contributed by atoms with E-state index in [1.54, 1.807) is 46.3 Å². The molecule has 4 rings (SSSR count). The molecule has 3 atom stereocenters. The zero-order valence-electron chi connectivity index (χ0n) is 21.5. The number of thiazole rings is 1. The third kappa shape index (κ3) is 6.91. The maximum Gasteiger partial charge on any atom is 0.274 e. The topological polar surface area (TPSA) is 187 Å². The van der Waals surface area contributed by atoms with E-state index in [1.807, 2.05) is 0 Å². The molecule has 1 aliphatic heterocycles. The van der Waals surface area contributed by atoms with Crippen molar-refractivity contribution in [1.82, 2.24) is 24.6 Å². The van der Waals surface area contributed by atoms with Crippen LogP contribution in [0.4, 0.5) is 0 Å². The Labute approximate surface area is 234 Å². The fourth-order valence-corrected chi connectivity index (χ4v) is 5.80. The average Bonchev–Trinajstić information content (AvgIpc) is 3.64. The number of Topliss-reactive ketones (excluding diaryl/α,β-unsaturated/α-hetero) is 1. The average molecular weight is 574 g/mol. The van der Waals surface area contributed by atoms with Crippen LogP contribution >= 0.6 is 22.9 Å². The van der Waals surface area contributed by atoms with Crippen molar-refractivity contribution < 1.29 is 14.4 Å². The number of ketones is 1. The second kappa shape index (κ2) is 12.5. The molecule has 0 saturated carbocycles. The van der Waals surface area contributed by atoms with Crippen LogP contribution in [-0.2, 0) is 4.79 Å². The van der Waals surface area contributed by atoms with Gasteiger partial charge in [0, 0.05) is 56.3 Å². The van der Waals surface area contributed by atoms with Gasteiger partial charge in [-0.1, -0.05) is 18.0 Å². The van der Waals surface area contributed by atoms with Crippen molar-refractivity contribution >= 4 is 52.1 Å². The van der Waals surface area contributed by atoms with Gasteiger partial charge in [0.25, 0.3) is 5.91 Å². The van der Waals surface area contributed by atoms with Crippen LogP contribution in [0.5, 0.6) is 0 Å². The summed E-state index contributed by atoms with van der Waals surface area (Å²) in [4.78, 5) is 53.5. The van der Waals surface area contributed by atoms with Gasteiger partial charge in [-0.25, -0.2) is 9.97 Å². The van der Waals surface area contributed by atoms with E-state index in [4.69, 9.17) is 28.8 Å². The van der Waals surface area contributed by atoms with Crippen LogP contribution in [0.3, 0.4) is 0 Å². The maximum absolute atomic E-state index is 13.4. The lowest BCUT2D eigenvalue weighted by Crippen LogP contribution is -2.33. The predicted octanol–water partition coefficient (Wildman–Crippen LogP) is 1.74. The largest absolute Gasteiger partial charge is 0.370 e. The number of nitrogens with zero attached hydrogens (tertiary/aromatic N) is 5. The smallest absolute Gasteiger partial charge is 0.274 e. The van der Waals surface area contributed by atoms with Gasteiger partial charge in [-0.05, 0) is 31.4 Å². The number of nitrogens with two attached hydrogens (primary N) is 3. The molecule has 1 fully saturated rings. The number of fused-ring (bicyclic) bond motifs is 1. The summed E-state index contributed by atoms with van der Waals surface area (Å²) in [6, 6.07) is 2.84. The number of likely N-dealkylation sites (tertiary alicyclic amines) is 1. The van der Waals surface area contributed by atoms with Gasteiger partial charge >= 0.3 is 0 Å². The van der Waals surface area contributed by atoms with Gasteiger partial charge in [-0.15, -0.1) is 11.3 Å². The minimum atomic E-state index is -0.492. The fraction of sp³-hybridized carbons (Fsp3) is 0.440. The normalized spacial score (nSPS) is 17.8. The van der Waals surface area contributed by atoms with Crippen LogP contribution < -0.4 is 22.5 Å². The fourth-order valence-electron chi connectivity index (χ4n) is 4.68. The van der Waals surface area contributed by atoms with Crippen LogP contribution in [0.1, 0.15) is 64.1 Å². The zero-order valence-corrected chi connectivity index (χ0v) is 23.1. The standard InChI is InChI=1S/C25H32ClN9O3S/c1-30-22(37)14(4-2-3-7-31-25(28)29)8-20(36)18-13-39-23(33-18)19-9-16(27)11-35(19)24(38)17-12-34-10-15(26)5-6-21(34)32-17/h5-6,10,12-14,16,19H,2-4,7-9,11,27H2,1H3,(H,30,37)(H4,28,29,31)/t14-,16+,19-/m1/s1. The molecule has 0 unspecified atom stereocenters. The molecule has 0 bridgehead atoms. The quantitative estimate of drug-likeness (QED) is 0.115. The van der Waals surface area contributed by atoms with E-state index < -0.39 is 5.92 Å². The van der Waals surface area contributed by atoms with Crippen LogP contribution in [0.2, 0.25) is 5.02 Å². The highest BCUT2D eigenvalue weighted by Gasteiger charge is 2.38. The Morgan fingerprint density at radius 1 is 1.21 bits per heavy atom. The molecule has 2 amide bonds. The molecule has 0 aromatic carbocycles. The summed E-state index contributed by atoms with van der Waals surface area (Å²) in [6.45, 7) is 0.813. The second-order valence-electron chi connectivity index (χ2n) is 9.52. The second-order valence-corrected chi connectivity index (χ2v) is 10.8. The zero-order chi connectivity index (χ0) is 28.1. The van der Waals surface area contributed by atoms with Gasteiger partial charge in [0.05, 0.1) is 11.1 Å². The molecule has 0 radical (unpaired) electrons. The Morgan fingerprint density at radius 3 is 2.74 bits per heavy atom. The van der Waals surface area contributed by atoms with Crippen LogP contribution in [0.25, 0.3) is 5.65 Å². The first-order chi connectivity index (χ1) is 18.7. The van der Waals surface area contributed by atoms with Crippen molar-refractivity contribution in [3.05, 3.63) is 51.3 Å². The molecule has 0 aliphatic carbocycles. The van der Waals surface area contributed by atoms with Crippen molar-refractivity contribution in [3.8, 4) is 0 Å². The molecule has 1 aliphatic rings. The molecule has 12 nitrogen and oxygen atoms in total. The van der Waals surface area contributed by atoms with E-state index in [0.29, 0.717) is 54.5 Å². The molecule has 0 spiro atoms. The SMILES string of the molecule is CNC(=O)[C@H](CCCCN=C(N)N)CC(=O)c1csc([C@H]2C[C@H](N)CN2C(=O)c2cn3cc(Cl)ccc3n2)n1. The number of carbonyl (C=O) groups is 3. The first-order valence-corrected chi connectivity index (χ1v) is 13.9. The monoisotopic (exact) mass is 573 g/mol. The molecule has 208 valence electrons. The summed E-state index contributed by atoms with van der Waals surface area (Å²) in [7, 11) is 1.55. The Bertz CT molecular complexity index is 1380. The van der Waals surface area contributed by atoms with Crippen LogP contribution in [0.15, 0.2) is 34.9 Å². The van der Waals surface area contributed by atoms with E-state index in [-0.39, 0.29) is 53.4 Å². The first-order valence-electron chi connectivity index (χ1n) is 12.6. The number of hydrogen-bond acceptors (Lipinski definition) is 8. The number of carbonyl (C=O) groups excluding carboxylic acids is 3. The van der Waals surface area contributed by atoms with Gasteiger partial charge < -0.3 is 31.8 Å². The first kappa shape index (κ1) is 28.5. The minimum Gasteiger partial charge on any atom is -0.370 e. The number of aromatic nitrogens is 3. The highest BCUT2D eigenvalue weighted by atomic mass is 35.5. The molecular formula is C25H32ClN9O3S. The van der Waals surface area contributed by atoms with Crippen LogP contribution in [-0.4, -0.2) is 69.0 Å². The third-order valence-electron chi connectivity index (χ3n) is 6.63. The van der Waals surface area contributed by atoms with E-state index in [1.165, 1.54) is 11.3 Å². The van der Waals surface area contributed by atoms with E-state index >= 15 is 0 Å².